The predicted octanol–water partition coefficient (Wildman–Crippen LogP) is 0.971. The Balaban J connectivity index is 2.69. The Morgan fingerprint density at radius 1 is 1.31 bits per heavy atom. The van der Waals surface area contributed by atoms with Crippen LogP contribution in [0.2, 0.25) is 0 Å². The van der Waals surface area contributed by atoms with Crippen molar-refractivity contribution < 1.29 is 20.0 Å². The summed E-state index contributed by atoms with van der Waals surface area (Å²) in [7, 11) is 0. The second-order valence-electron chi connectivity index (χ2n) is 2.81. The van der Waals surface area contributed by atoms with E-state index in [0.29, 0.717) is 0 Å². The average Bonchev–Trinajstić information content (AvgIpc) is 2.58. The first-order valence-electron chi connectivity index (χ1n) is 3.90. The van der Waals surface area contributed by atoms with Crippen molar-refractivity contribution in [3.8, 4) is 0 Å². The SMILES string of the molecule is O=[N+]([O-])c1ccc2c(c1[N+](=O)[O-])NON2O. The number of rotatable bonds is 2. The molecule has 2 N–H and O–H groups in total. The van der Waals surface area contributed by atoms with Crippen molar-refractivity contribution in [1.82, 2.24) is 0 Å². The Morgan fingerprint density at radius 3 is 2.56 bits per heavy atom. The molecule has 0 radical (unpaired) electrons. The van der Waals surface area contributed by atoms with E-state index in [4.69, 9.17) is 5.21 Å². The first-order valence-corrected chi connectivity index (χ1v) is 3.90. The van der Waals surface area contributed by atoms with Crippen LogP contribution in [0, 0.1) is 20.2 Å². The van der Waals surface area contributed by atoms with Gasteiger partial charge in [0.15, 0.2) is 5.69 Å². The van der Waals surface area contributed by atoms with Crippen LogP contribution in [0.4, 0.5) is 22.7 Å². The third-order valence-corrected chi connectivity index (χ3v) is 1.95. The van der Waals surface area contributed by atoms with Gasteiger partial charge in [-0.1, -0.05) is 0 Å². The van der Waals surface area contributed by atoms with E-state index in [2.05, 4.69) is 4.94 Å². The van der Waals surface area contributed by atoms with E-state index < -0.39 is 21.2 Å². The van der Waals surface area contributed by atoms with Crippen LogP contribution < -0.4 is 10.7 Å². The van der Waals surface area contributed by atoms with Crippen molar-refractivity contribution in [1.29, 1.82) is 0 Å². The van der Waals surface area contributed by atoms with E-state index in [1.165, 1.54) is 0 Å². The van der Waals surface area contributed by atoms with E-state index >= 15 is 0 Å². The summed E-state index contributed by atoms with van der Waals surface area (Å²) in [6.45, 7) is 0. The first kappa shape index (κ1) is 10.1. The molecule has 0 atom stereocenters. The van der Waals surface area contributed by atoms with Crippen LogP contribution in [0.15, 0.2) is 12.1 Å². The van der Waals surface area contributed by atoms with Gasteiger partial charge in [0, 0.05) is 6.07 Å². The van der Waals surface area contributed by atoms with Crippen molar-refractivity contribution in [2.45, 2.75) is 0 Å². The molecule has 0 spiro atoms. The van der Waals surface area contributed by atoms with Crippen molar-refractivity contribution in [2.24, 2.45) is 0 Å². The molecule has 0 fully saturated rings. The lowest BCUT2D eigenvalue weighted by Gasteiger charge is -2.03. The number of fused-ring (bicyclic) bond motifs is 1. The average molecular weight is 228 g/mol. The van der Waals surface area contributed by atoms with E-state index in [1.54, 1.807) is 0 Å². The maximum atomic E-state index is 10.7. The fraction of sp³-hybridized carbons (Fsp3) is 0. The number of anilines is 2. The Morgan fingerprint density at radius 2 is 2.00 bits per heavy atom. The Labute approximate surface area is 86.8 Å². The van der Waals surface area contributed by atoms with Crippen LogP contribution in [0.1, 0.15) is 0 Å². The van der Waals surface area contributed by atoms with Gasteiger partial charge in [0.25, 0.3) is 0 Å². The maximum absolute atomic E-state index is 10.7. The van der Waals surface area contributed by atoms with Crippen LogP contribution in [0.5, 0.6) is 0 Å². The molecule has 0 aliphatic carbocycles. The summed E-state index contributed by atoms with van der Waals surface area (Å²) in [5, 5.41) is 30.6. The highest BCUT2D eigenvalue weighted by Gasteiger charge is 2.36. The summed E-state index contributed by atoms with van der Waals surface area (Å²) in [5.41, 5.74) is 0.241. The molecular weight excluding hydrogens is 224 g/mol. The lowest BCUT2D eigenvalue weighted by molar-refractivity contribution is -0.421. The molecule has 16 heavy (non-hydrogen) atoms. The molecular formula is C6H4N4O6. The van der Waals surface area contributed by atoms with E-state index in [1.807, 2.05) is 5.48 Å². The molecule has 0 amide bonds. The standard InChI is InChI=1S/C6H4N4O6/c11-8(12)4-2-1-3-5(6(4)9(13)14)7-16-10(3)15/h1-2,7,15H. The zero-order chi connectivity index (χ0) is 11.9. The van der Waals surface area contributed by atoms with Gasteiger partial charge in [-0.3, -0.25) is 25.4 Å². The van der Waals surface area contributed by atoms with Gasteiger partial charge >= 0.3 is 11.4 Å². The zero-order valence-electron chi connectivity index (χ0n) is 7.48. The molecule has 0 saturated heterocycles. The normalized spacial score (nSPS) is 13.2. The molecule has 1 aromatic rings. The number of hydrogen-bond donors (Lipinski definition) is 2. The highest BCUT2D eigenvalue weighted by atomic mass is 17.0. The number of nitro benzene ring substituents is 2. The lowest BCUT2D eigenvalue weighted by atomic mass is 10.2. The number of nitro groups is 2. The molecule has 0 aromatic heterocycles. The summed E-state index contributed by atoms with van der Waals surface area (Å²) in [5.74, 6) is 0. The largest absolute Gasteiger partial charge is 0.373 e. The molecule has 0 bridgehead atoms. The summed E-state index contributed by atoms with van der Waals surface area (Å²) in [6, 6.07) is 2.04. The van der Waals surface area contributed by atoms with Crippen LogP contribution in [-0.2, 0) is 4.94 Å². The Hall–Kier alpha value is -2.46. The summed E-state index contributed by atoms with van der Waals surface area (Å²) < 4.78 is 0. The van der Waals surface area contributed by atoms with Gasteiger partial charge in [-0.15, -0.1) is 10.2 Å². The lowest BCUT2D eigenvalue weighted by Crippen LogP contribution is -2.13. The highest BCUT2D eigenvalue weighted by molar-refractivity contribution is 5.84. The van der Waals surface area contributed by atoms with E-state index in [0.717, 1.165) is 12.1 Å². The molecule has 0 unspecified atom stereocenters. The molecule has 0 saturated carbocycles. The van der Waals surface area contributed by atoms with Gasteiger partial charge in [0.1, 0.15) is 5.69 Å². The number of nitrogens with one attached hydrogen (secondary N) is 1. The molecule has 1 aromatic carbocycles. The molecule has 1 aliphatic rings. The minimum Gasteiger partial charge on any atom is -0.262 e. The van der Waals surface area contributed by atoms with Gasteiger partial charge in [-0.05, 0) is 6.07 Å². The minimum atomic E-state index is -0.924. The molecule has 1 heterocycles. The topological polar surface area (TPSA) is 131 Å². The third-order valence-electron chi connectivity index (χ3n) is 1.95. The van der Waals surface area contributed by atoms with Crippen molar-refractivity contribution >= 4 is 22.7 Å². The van der Waals surface area contributed by atoms with E-state index in [9.17, 15) is 20.2 Å². The van der Waals surface area contributed by atoms with Crippen LogP contribution in [0.25, 0.3) is 0 Å². The quantitative estimate of drug-likeness (QED) is 0.565. The second-order valence-corrected chi connectivity index (χ2v) is 2.81. The van der Waals surface area contributed by atoms with Gasteiger partial charge in [-0.25, -0.2) is 5.48 Å². The molecule has 10 heteroatoms. The van der Waals surface area contributed by atoms with Gasteiger partial charge in [0.05, 0.1) is 9.85 Å². The minimum absolute atomic E-state index is 0.0719. The summed E-state index contributed by atoms with van der Waals surface area (Å²) in [4.78, 5) is 23.8. The van der Waals surface area contributed by atoms with Crippen LogP contribution in [0.3, 0.4) is 0 Å². The van der Waals surface area contributed by atoms with Crippen molar-refractivity contribution in [3.63, 3.8) is 0 Å². The number of hydrogen-bond acceptors (Lipinski definition) is 8. The molecule has 10 nitrogen and oxygen atoms in total. The number of nitrogens with zero attached hydrogens (tertiary/aromatic N) is 3. The molecule has 1 aliphatic heterocycles. The van der Waals surface area contributed by atoms with Gasteiger partial charge in [0.2, 0.25) is 0 Å². The van der Waals surface area contributed by atoms with E-state index in [-0.39, 0.29) is 16.6 Å². The van der Waals surface area contributed by atoms with Gasteiger partial charge < -0.3 is 0 Å². The predicted molar refractivity (Wildman–Crippen MR) is 48.7 cm³/mol. The molecule has 84 valence electrons. The van der Waals surface area contributed by atoms with Crippen LogP contribution >= 0.6 is 0 Å². The maximum Gasteiger partial charge on any atom is 0.373 e. The fourth-order valence-electron chi connectivity index (χ4n) is 1.30. The smallest absolute Gasteiger partial charge is 0.262 e. The zero-order valence-corrected chi connectivity index (χ0v) is 7.48. The monoisotopic (exact) mass is 228 g/mol. The highest BCUT2D eigenvalue weighted by Crippen LogP contribution is 2.44. The molecule has 2 rings (SSSR count). The van der Waals surface area contributed by atoms with Crippen molar-refractivity contribution in [2.75, 3.05) is 10.7 Å². The Bertz CT molecular complexity index is 488. The summed E-state index contributed by atoms with van der Waals surface area (Å²) >= 11 is 0. The van der Waals surface area contributed by atoms with Gasteiger partial charge in [-0.2, -0.15) is 0 Å². The van der Waals surface area contributed by atoms with Crippen LogP contribution in [-0.4, -0.2) is 15.1 Å². The number of benzene rings is 1. The fourth-order valence-corrected chi connectivity index (χ4v) is 1.30. The first-order chi connectivity index (χ1) is 7.52. The van der Waals surface area contributed by atoms with Crippen molar-refractivity contribution in [3.05, 3.63) is 32.4 Å². The third kappa shape index (κ3) is 1.29. The summed E-state index contributed by atoms with van der Waals surface area (Å²) in [6.07, 6.45) is 0. The Kier molecular flexibility index (Phi) is 2.07. The second kappa shape index (κ2) is 3.29.